The minimum absolute atomic E-state index is 0.000650. The van der Waals surface area contributed by atoms with Crippen LogP contribution in [-0.2, 0) is 47.8 Å². The lowest BCUT2D eigenvalue weighted by atomic mass is 9.78. The molecule has 8 amide bonds. The van der Waals surface area contributed by atoms with E-state index in [0.717, 1.165) is 103 Å². The summed E-state index contributed by atoms with van der Waals surface area (Å²) in [5, 5.41) is 24.6. The summed E-state index contributed by atoms with van der Waals surface area (Å²) in [5.74, 6) is 0.336. The van der Waals surface area contributed by atoms with Gasteiger partial charge in [0.15, 0.2) is 5.12 Å². The first-order valence-corrected chi connectivity index (χ1v) is 44.3. The van der Waals surface area contributed by atoms with Crippen LogP contribution in [0.1, 0.15) is 357 Å². The summed E-state index contributed by atoms with van der Waals surface area (Å²) in [6.45, 7) is 64.8. The Hall–Kier alpha value is -5.90. The monoisotopic (exact) mass is 1650 g/mol. The van der Waals surface area contributed by atoms with Gasteiger partial charge in [0, 0.05) is 78.4 Å². The number of nitrogens with one attached hydrogen (secondary N) is 8. The summed E-state index contributed by atoms with van der Waals surface area (Å²) in [6, 6.07) is 0.0625. The van der Waals surface area contributed by atoms with Gasteiger partial charge in [0.25, 0.3) is 5.24 Å². The van der Waals surface area contributed by atoms with E-state index in [0.29, 0.717) is 25.7 Å². The molecule has 0 fully saturated rings. The summed E-state index contributed by atoms with van der Waals surface area (Å²) >= 11 is 2.75. The Morgan fingerprint density at radius 2 is 0.635 bits per heavy atom. The molecule has 115 heavy (non-hydrogen) atoms. The lowest BCUT2D eigenvalue weighted by Gasteiger charge is -2.32. The van der Waals surface area contributed by atoms with E-state index in [-0.39, 0.29) is 131 Å². The van der Waals surface area contributed by atoms with Crippen LogP contribution in [0.2, 0.25) is 0 Å². The van der Waals surface area contributed by atoms with Gasteiger partial charge in [-0.15, -0.1) is 0 Å². The number of carbonyl (C=O) groups excluding carboxylic acids is 10. The lowest BCUT2D eigenvalue weighted by Crippen LogP contribution is -2.48. The molecule has 0 bridgehead atoms. The van der Waals surface area contributed by atoms with E-state index in [9.17, 15) is 47.9 Å². The van der Waals surface area contributed by atoms with E-state index >= 15 is 0 Å². The van der Waals surface area contributed by atoms with Gasteiger partial charge in [-0.05, 0) is 229 Å². The van der Waals surface area contributed by atoms with E-state index in [2.05, 4.69) is 63.3 Å². The zero-order valence-electron chi connectivity index (χ0n) is 78.2. The lowest BCUT2D eigenvalue weighted by molar-refractivity contribution is -0.164. The maximum atomic E-state index is 12.6. The molecule has 20 nitrogen and oxygen atoms in total. The quantitative estimate of drug-likeness (QED) is 0.0746. The van der Waals surface area contributed by atoms with Gasteiger partial charge in [-0.1, -0.05) is 212 Å². The van der Waals surface area contributed by atoms with Gasteiger partial charge >= 0.3 is 12.1 Å². The summed E-state index contributed by atoms with van der Waals surface area (Å²) in [6.07, 6.45) is 36.9. The topological polar surface area (TPSA) is 285 Å². The first-order chi connectivity index (χ1) is 51.9. The van der Waals surface area contributed by atoms with Crippen molar-refractivity contribution in [2.75, 3.05) is 0 Å². The van der Waals surface area contributed by atoms with E-state index in [1.165, 1.54) is 23.5 Å². The Labute approximate surface area is 706 Å². The number of alkyl carbamates (subject to hydrolysis) is 1. The number of carbonyl (C=O) groups is 10. The molecule has 0 aromatic carbocycles. The summed E-state index contributed by atoms with van der Waals surface area (Å²) in [5.41, 5.74) is -4.11. The number of hydrogen-bond acceptors (Lipinski definition) is 14. The van der Waals surface area contributed by atoms with Gasteiger partial charge in [0.05, 0.1) is 22.3 Å². The molecule has 660 valence electrons. The molecule has 10 unspecified atom stereocenters. The number of hydrogen-bond donors (Lipinski definition) is 8. The van der Waals surface area contributed by atoms with Gasteiger partial charge in [-0.25, -0.2) is 4.79 Å². The minimum Gasteiger partial charge on any atom is -0.459 e. The minimum atomic E-state index is -0.598. The zero-order chi connectivity index (χ0) is 89.0. The van der Waals surface area contributed by atoms with E-state index in [1.54, 1.807) is 0 Å². The van der Waals surface area contributed by atoms with Crippen molar-refractivity contribution in [3.05, 3.63) is 60.8 Å². The SMILES string of the molecule is CC(C)(C)NC(=O)C1C/C=C/C(C)(C(=O)NC(C)(C)C)CCC1.CC(C)(C)NC(=O)C1C/C=C/C(C)(C(=O)OC(C)(C)C)CCC1.CC(C)(C)NC(=O)C1C/C=C/C(C)(C(=O)SC(C)(C)C)CCC1.CC(C)(C)OC(=O)NC1/C=C/C(NC(=O)C(C)(C)C)CCCC1.CC(C)(C)SC(=O)NC1/C=C/C(NC(=O)C(C)(C)C)CCCC1. The largest absolute Gasteiger partial charge is 0.459 e. The fourth-order valence-corrected chi connectivity index (χ4v) is 14.4. The highest BCUT2D eigenvalue weighted by atomic mass is 32.2. The summed E-state index contributed by atoms with van der Waals surface area (Å²) < 4.78 is 10.7. The third kappa shape index (κ3) is 48.7. The van der Waals surface area contributed by atoms with Crippen molar-refractivity contribution in [1.29, 1.82) is 0 Å². The molecule has 0 heterocycles. The van der Waals surface area contributed by atoms with Crippen LogP contribution in [0.3, 0.4) is 0 Å². The number of thioether (sulfide) groups is 2. The van der Waals surface area contributed by atoms with Crippen molar-refractivity contribution in [2.45, 2.75) is 424 Å². The third-order valence-electron chi connectivity index (χ3n) is 18.9. The average molecular weight is 1650 g/mol. The van der Waals surface area contributed by atoms with Crippen molar-refractivity contribution >= 4 is 81.4 Å². The highest BCUT2D eigenvalue weighted by molar-refractivity contribution is 8.15. The van der Waals surface area contributed by atoms with Crippen LogP contribution < -0.4 is 42.5 Å². The predicted octanol–water partition coefficient (Wildman–Crippen LogP) is 20.1. The molecule has 0 saturated heterocycles. The summed E-state index contributed by atoms with van der Waals surface area (Å²) in [7, 11) is 0. The highest BCUT2D eigenvalue weighted by Crippen LogP contribution is 2.40. The van der Waals surface area contributed by atoms with Crippen LogP contribution in [0, 0.1) is 44.8 Å². The normalized spacial score (nSPS) is 26.2. The van der Waals surface area contributed by atoms with Crippen LogP contribution in [0.5, 0.6) is 0 Å². The van der Waals surface area contributed by atoms with Crippen molar-refractivity contribution in [1.82, 2.24) is 42.5 Å². The number of rotatable bonds is 10. The number of ether oxygens (including phenoxy) is 2. The molecule has 8 N–H and O–H groups in total. The smallest absolute Gasteiger partial charge is 0.408 e. The van der Waals surface area contributed by atoms with Crippen molar-refractivity contribution in [3.63, 3.8) is 0 Å². The van der Waals surface area contributed by atoms with Gasteiger partial charge in [0.2, 0.25) is 35.4 Å². The number of amides is 8. The second kappa shape index (κ2) is 45.5. The third-order valence-corrected chi connectivity index (χ3v) is 21.1. The van der Waals surface area contributed by atoms with Crippen molar-refractivity contribution in [3.8, 4) is 0 Å². The van der Waals surface area contributed by atoms with Gasteiger partial charge in [-0.3, -0.25) is 43.2 Å². The van der Waals surface area contributed by atoms with E-state index in [4.69, 9.17) is 9.47 Å². The molecule has 0 radical (unpaired) electrons. The van der Waals surface area contributed by atoms with Crippen LogP contribution in [0.25, 0.3) is 0 Å². The van der Waals surface area contributed by atoms with Crippen LogP contribution in [-0.4, -0.2) is 125 Å². The molecule has 22 heteroatoms. The van der Waals surface area contributed by atoms with E-state index < -0.39 is 39.0 Å². The Morgan fingerprint density at radius 1 is 0.339 bits per heavy atom. The molecule has 0 spiro atoms. The van der Waals surface area contributed by atoms with Gasteiger partial charge in [-0.2, -0.15) is 0 Å². The maximum Gasteiger partial charge on any atom is 0.408 e. The predicted molar refractivity (Wildman–Crippen MR) is 478 cm³/mol. The molecule has 5 aliphatic carbocycles. The standard InChI is InChI=1S/C19H34N2O2.C19H33NO3.C19H33NO2S.C18H32N2O3.C18H32N2O2S/c1-17(2,3)20-15(22)14-10-8-12-19(7,13-9-11-14)16(23)21-18(4,5)6;2*1-17(2,3)20-15(21)14-10-8-12-19(7,13-9-11-14)16(22)23-18(4,5)6;2*1-17(2,3)15(21)19-13-9-7-8-10-14(12-11-13)20-16(22)23-18(4,5)6/h8,12,14H,9-11,13H2,1-7H3,(H,20,22)(H,21,23);2*8,12,14H,9-11,13H2,1-7H3,(H,20,21);2*11-14H,7-10H2,1-6H3,(H,19,21)(H,20,22)/b3*12-8+;2*12-11+. The van der Waals surface area contributed by atoms with Gasteiger partial charge < -0.3 is 52.0 Å². The molecule has 5 aliphatic rings. The van der Waals surface area contributed by atoms with E-state index in [1.807, 2.05) is 268 Å². The zero-order valence-corrected chi connectivity index (χ0v) is 79.8. The van der Waals surface area contributed by atoms with Crippen LogP contribution in [0.4, 0.5) is 9.59 Å². The average Bonchev–Trinajstić information content (AvgIpc) is 0.794. The number of esters is 1. The Kier molecular flexibility index (Phi) is 42.4. The molecular formula is C93H164N8O12S2. The van der Waals surface area contributed by atoms with Crippen LogP contribution in [0.15, 0.2) is 60.8 Å². The fraction of sp³-hybridized carbons (Fsp3) is 0.785. The number of allylic oxidation sites excluding steroid dienone is 4. The maximum absolute atomic E-state index is 12.6. The Bertz CT molecular complexity index is 3010. The molecule has 0 aliphatic heterocycles. The first-order valence-electron chi connectivity index (χ1n) is 42.7. The summed E-state index contributed by atoms with van der Waals surface area (Å²) in [4.78, 5) is 123. The van der Waals surface area contributed by atoms with Crippen molar-refractivity contribution in [2.24, 2.45) is 44.8 Å². The highest BCUT2D eigenvalue weighted by Gasteiger charge is 2.40. The fourth-order valence-electron chi connectivity index (χ4n) is 12.7. The molecule has 0 aromatic heterocycles. The Balaban J connectivity index is 0.000000719. The first kappa shape index (κ1) is 107. The second-order valence-corrected chi connectivity index (χ2v) is 47.0. The molecule has 10 atom stereocenters. The van der Waals surface area contributed by atoms with Gasteiger partial charge in [0.1, 0.15) is 11.2 Å². The molecule has 5 rings (SSSR count). The van der Waals surface area contributed by atoms with Crippen LogP contribution >= 0.6 is 23.5 Å². The Morgan fingerprint density at radius 3 is 0.948 bits per heavy atom. The second-order valence-electron chi connectivity index (χ2n) is 43.4. The van der Waals surface area contributed by atoms with Crippen molar-refractivity contribution < 1.29 is 57.4 Å². The molecular weight excluding hydrogens is 1490 g/mol. The molecule has 0 saturated carbocycles. The molecule has 0 aromatic rings.